The Balaban J connectivity index is 1.37. The van der Waals surface area contributed by atoms with Crippen LogP contribution in [0.15, 0.2) is 48.7 Å². The van der Waals surface area contributed by atoms with Crippen molar-refractivity contribution < 1.29 is 4.79 Å². The van der Waals surface area contributed by atoms with E-state index in [-0.39, 0.29) is 5.91 Å². The van der Waals surface area contributed by atoms with Crippen LogP contribution in [0.5, 0.6) is 0 Å². The molecule has 1 saturated heterocycles. The minimum absolute atomic E-state index is 0.00855. The molecule has 180 valence electrons. The molecule has 2 aromatic carbocycles. The third-order valence-electron chi connectivity index (χ3n) is 7.25. The Bertz CT molecular complexity index is 1420. The number of fused-ring (bicyclic) bond motifs is 1. The van der Waals surface area contributed by atoms with Gasteiger partial charge >= 0.3 is 0 Å². The second-order valence-corrected chi connectivity index (χ2v) is 9.73. The van der Waals surface area contributed by atoms with Gasteiger partial charge in [0.25, 0.3) is 5.91 Å². The summed E-state index contributed by atoms with van der Waals surface area (Å²) in [7, 11) is 0. The summed E-state index contributed by atoms with van der Waals surface area (Å²) >= 11 is 6.40. The second-order valence-electron chi connectivity index (χ2n) is 9.32. The molecule has 5 rings (SSSR count). The normalized spacial score (nSPS) is 14.1. The van der Waals surface area contributed by atoms with Crippen LogP contribution in [-0.4, -0.2) is 51.6 Å². The summed E-state index contributed by atoms with van der Waals surface area (Å²) < 4.78 is 1.79. The molecule has 6 nitrogen and oxygen atoms in total. The molecule has 0 atom stereocenters. The van der Waals surface area contributed by atoms with Gasteiger partial charge in [0.1, 0.15) is 5.56 Å². The molecule has 0 spiro atoms. The van der Waals surface area contributed by atoms with Gasteiger partial charge in [0.2, 0.25) is 0 Å². The fourth-order valence-corrected chi connectivity index (χ4v) is 5.15. The Morgan fingerprint density at radius 1 is 0.971 bits per heavy atom. The van der Waals surface area contributed by atoms with Crippen LogP contribution in [-0.2, 0) is 6.42 Å². The first-order valence-electron chi connectivity index (χ1n) is 12.0. The largest absolute Gasteiger partial charge is 0.368 e. The summed E-state index contributed by atoms with van der Waals surface area (Å²) in [5.41, 5.74) is 9.02. The Morgan fingerprint density at radius 2 is 1.71 bits per heavy atom. The molecular weight excluding hydrogens is 458 g/mol. The van der Waals surface area contributed by atoms with E-state index in [0.29, 0.717) is 30.7 Å². The molecule has 7 heteroatoms. The highest BCUT2D eigenvalue weighted by Gasteiger charge is 2.27. The molecule has 0 aliphatic carbocycles. The number of benzene rings is 2. The first kappa shape index (κ1) is 23.4. The van der Waals surface area contributed by atoms with E-state index in [1.165, 1.54) is 16.8 Å². The molecule has 35 heavy (non-hydrogen) atoms. The summed E-state index contributed by atoms with van der Waals surface area (Å²) in [5, 5.41) is 5.29. The molecule has 0 bridgehead atoms. The fourth-order valence-electron chi connectivity index (χ4n) is 4.95. The molecule has 3 heterocycles. The highest BCUT2D eigenvalue weighted by molar-refractivity contribution is 6.31. The van der Waals surface area contributed by atoms with Crippen LogP contribution < -0.4 is 4.90 Å². The number of piperazine rings is 1. The van der Waals surface area contributed by atoms with E-state index in [1.807, 2.05) is 43.0 Å². The zero-order valence-electron chi connectivity index (χ0n) is 20.7. The monoisotopic (exact) mass is 487 g/mol. The molecule has 1 aliphatic rings. The second kappa shape index (κ2) is 9.34. The van der Waals surface area contributed by atoms with Crippen LogP contribution in [0.25, 0.3) is 5.65 Å². The van der Waals surface area contributed by atoms with E-state index < -0.39 is 0 Å². The van der Waals surface area contributed by atoms with Crippen molar-refractivity contribution in [2.24, 2.45) is 0 Å². The molecule has 1 amide bonds. The standard InChI is InChI=1S/C28H30ClN5O/c1-18-8-7-11-26(19(18)2)32-12-14-33(15-13-32)28(35)24-17-30-34-21(4)23(20(3)31-27(24)34)16-22-9-5-6-10-25(22)29/h5-11,17H,12-16H2,1-4H3. The van der Waals surface area contributed by atoms with E-state index in [1.54, 1.807) is 10.7 Å². The third kappa shape index (κ3) is 4.27. The summed E-state index contributed by atoms with van der Waals surface area (Å²) in [5.74, 6) is -0.00855. The SMILES string of the molecule is Cc1cccc(N2CCN(C(=O)c3cnn4c(C)c(Cc5ccccc5Cl)c(C)nc34)CC2)c1C. The quantitative estimate of drug-likeness (QED) is 0.398. The van der Waals surface area contributed by atoms with Gasteiger partial charge in [-0.05, 0) is 62.1 Å². The fraction of sp³-hybridized carbons (Fsp3) is 0.321. The average molecular weight is 488 g/mol. The van der Waals surface area contributed by atoms with Gasteiger partial charge in [0.15, 0.2) is 5.65 Å². The lowest BCUT2D eigenvalue weighted by Gasteiger charge is -2.37. The number of hydrogen-bond donors (Lipinski definition) is 0. The number of hydrogen-bond acceptors (Lipinski definition) is 4. The Hall–Kier alpha value is -3.38. The van der Waals surface area contributed by atoms with E-state index in [0.717, 1.165) is 40.6 Å². The van der Waals surface area contributed by atoms with Crippen molar-refractivity contribution in [2.75, 3.05) is 31.1 Å². The number of aryl methyl sites for hydroxylation is 3. The van der Waals surface area contributed by atoms with Crippen molar-refractivity contribution in [1.82, 2.24) is 19.5 Å². The number of rotatable bonds is 4. The van der Waals surface area contributed by atoms with E-state index in [9.17, 15) is 4.79 Å². The van der Waals surface area contributed by atoms with Crippen molar-refractivity contribution in [1.29, 1.82) is 0 Å². The third-order valence-corrected chi connectivity index (χ3v) is 7.62. The van der Waals surface area contributed by atoms with Crippen molar-refractivity contribution in [2.45, 2.75) is 34.1 Å². The highest BCUT2D eigenvalue weighted by Crippen LogP contribution is 2.26. The maximum Gasteiger partial charge on any atom is 0.259 e. The number of aromatic nitrogens is 3. The maximum absolute atomic E-state index is 13.5. The van der Waals surface area contributed by atoms with Crippen LogP contribution in [0.1, 0.15) is 44.0 Å². The van der Waals surface area contributed by atoms with Crippen molar-refractivity contribution in [3.05, 3.63) is 92.9 Å². The van der Waals surface area contributed by atoms with Crippen molar-refractivity contribution >= 4 is 28.8 Å². The summed E-state index contributed by atoms with van der Waals surface area (Å²) in [6, 6.07) is 14.3. The Kier molecular flexibility index (Phi) is 6.24. The van der Waals surface area contributed by atoms with Gasteiger partial charge in [0.05, 0.1) is 6.20 Å². The first-order valence-corrected chi connectivity index (χ1v) is 12.4. The predicted octanol–water partition coefficient (Wildman–Crippen LogP) is 5.17. The van der Waals surface area contributed by atoms with Gasteiger partial charge in [-0.25, -0.2) is 9.50 Å². The number of anilines is 1. The molecule has 0 N–H and O–H groups in total. The smallest absolute Gasteiger partial charge is 0.259 e. The Morgan fingerprint density at radius 3 is 2.46 bits per heavy atom. The molecular formula is C28H30ClN5O. The number of carbonyl (C=O) groups excluding carboxylic acids is 1. The Labute approximate surface area is 211 Å². The minimum Gasteiger partial charge on any atom is -0.368 e. The number of carbonyl (C=O) groups is 1. The van der Waals surface area contributed by atoms with E-state index in [2.05, 4.69) is 42.0 Å². The lowest BCUT2D eigenvalue weighted by molar-refractivity contribution is 0.0748. The molecule has 0 unspecified atom stereocenters. The lowest BCUT2D eigenvalue weighted by atomic mass is 10.0. The van der Waals surface area contributed by atoms with Crippen LogP contribution in [0.2, 0.25) is 5.02 Å². The van der Waals surface area contributed by atoms with Crippen LogP contribution >= 0.6 is 11.6 Å². The van der Waals surface area contributed by atoms with E-state index in [4.69, 9.17) is 16.6 Å². The maximum atomic E-state index is 13.5. The predicted molar refractivity (Wildman–Crippen MR) is 141 cm³/mol. The van der Waals surface area contributed by atoms with Crippen molar-refractivity contribution in [3.8, 4) is 0 Å². The number of nitrogens with zero attached hydrogens (tertiary/aromatic N) is 5. The number of halogens is 1. The summed E-state index contributed by atoms with van der Waals surface area (Å²) in [4.78, 5) is 22.6. The zero-order chi connectivity index (χ0) is 24.7. The van der Waals surface area contributed by atoms with Crippen LogP contribution in [0, 0.1) is 27.7 Å². The van der Waals surface area contributed by atoms with Crippen LogP contribution in [0.3, 0.4) is 0 Å². The lowest BCUT2D eigenvalue weighted by Crippen LogP contribution is -2.49. The van der Waals surface area contributed by atoms with Gasteiger partial charge in [-0.15, -0.1) is 0 Å². The van der Waals surface area contributed by atoms with Crippen molar-refractivity contribution in [3.63, 3.8) is 0 Å². The molecule has 2 aromatic heterocycles. The van der Waals surface area contributed by atoms with Gasteiger partial charge in [-0.1, -0.05) is 41.9 Å². The molecule has 1 fully saturated rings. The van der Waals surface area contributed by atoms with E-state index >= 15 is 0 Å². The van der Waals surface area contributed by atoms with Crippen LogP contribution in [0.4, 0.5) is 5.69 Å². The zero-order valence-corrected chi connectivity index (χ0v) is 21.4. The molecule has 4 aromatic rings. The van der Waals surface area contributed by atoms with Gasteiger partial charge in [-0.3, -0.25) is 4.79 Å². The van der Waals surface area contributed by atoms with Gasteiger partial charge in [0, 0.05) is 54.7 Å². The molecule has 0 saturated carbocycles. The average Bonchev–Trinajstić information content (AvgIpc) is 3.28. The van der Waals surface area contributed by atoms with Gasteiger partial charge < -0.3 is 9.80 Å². The number of amides is 1. The topological polar surface area (TPSA) is 53.7 Å². The minimum atomic E-state index is -0.00855. The summed E-state index contributed by atoms with van der Waals surface area (Å²) in [6.45, 7) is 11.3. The molecule has 0 radical (unpaired) electrons. The highest BCUT2D eigenvalue weighted by atomic mass is 35.5. The summed E-state index contributed by atoms with van der Waals surface area (Å²) in [6.07, 6.45) is 2.33. The molecule has 1 aliphatic heterocycles. The van der Waals surface area contributed by atoms with Gasteiger partial charge in [-0.2, -0.15) is 5.10 Å². The first-order chi connectivity index (χ1) is 16.8.